The fourth-order valence-electron chi connectivity index (χ4n) is 1.60. The van der Waals surface area contributed by atoms with Crippen molar-refractivity contribution in [1.82, 2.24) is 9.97 Å². The number of carbonyl (C=O) groups is 1. The number of nitrogens with zero attached hydrogens (tertiary/aromatic N) is 2. The summed E-state index contributed by atoms with van der Waals surface area (Å²) < 4.78 is 4.52. The maximum Gasteiger partial charge on any atom is 0.293 e. The van der Waals surface area contributed by atoms with E-state index in [-0.39, 0.29) is 13.1 Å². The highest BCUT2D eigenvalue weighted by molar-refractivity contribution is 5.89. The number of aliphatic hydroxyl groups excluding tert-OH is 1. The summed E-state index contributed by atoms with van der Waals surface area (Å²) in [4.78, 5) is 18.1. The second-order valence-electron chi connectivity index (χ2n) is 3.44. The van der Waals surface area contributed by atoms with Gasteiger partial charge >= 0.3 is 0 Å². The van der Waals surface area contributed by atoms with E-state index in [0.29, 0.717) is 22.3 Å². The van der Waals surface area contributed by atoms with Gasteiger partial charge in [-0.2, -0.15) is 0 Å². The number of hydrogen-bond acceptors (Lipinski definition) is 6. The fourth-order valence-corrected chi connectivity index (χ4v) is 1.60. The molecule has 0 radical (unpaired) electrons. The third kappa shape index (κ3) is 2.16. The first-order valence-electron chi connectivity index (χ1n) is 4.96. The fraction of sp³-hybridized carbons (Fsp3) is 0.182. The molecule has 2 rings (SSSR count). The smallest absolute Gasteiger partial charge is 0.293 e. The predicted molar refractivity (Wildman–Crippen MR) is 60.9 cm³/mol. The zero-order valence-electron chi connectivity index (χ0n) is 8.91. The maximum absolute atomic E-state index is 10.1. The monoisotopic (exact) mass is 233 g/mol. The standard InChI is InChI=1S/C11H11N3O3/c12-11-10-7(2-1-3-13-10)8(4-14-11)9(16)5-17-6-15/h1-4,6,9,16H,5H2,(H2,12,14). The van der Waals surface area contributed by atoms with E-state index >= 15 is 0 Å². The molecule has 17 heavy (non-hydrogen) atoms. The molecule has 88 valence electrons. The Labute approximate surface area is 97.1 Å². The van der Waals surface area contributed by atoms with Crippen LogP contribution in [0.2, 0.25) is 0 Å². The molecule has 0 fully saturated rings. The van der Waals surface area contributed by atoms with Gasteiger partial charge in [0, 0.05) is 23.3 Å². The molecule has 0 amide bonds. The van der Waals surface area contributed by atoms with E-state index in [4.69, 9.17) is 5.73 Å². The van der Waals surface area contributed by atoms with Crippen LogP contribution < -0.4 is 5.73 Å². The normalized spacial score (nSPS) is 12.3. The number of nitrogen functional groups attached to an aromatic ring is 1. The number of nitrogens with two attached hydrogens (primary N) is 1. The number of rotatable bonds is 4. The average Bonchev–Trinajstić information content (AvgIpc) is 2.37. The van der Waals surface area contributed by atoms with Crippen LogP contribution in [-0.4, -0.2) is 28.2 Å². The second-order valence-corrected chi connectivity index (χ2v) is 3.44. The molecular weight excluding hydrogens is 222 g/mol. The molecule has 3 N–H and O–H groups in total. The first-order valence-corrected chi connectivity index (χ1v) is 4.96. The Morgan fingerprint density at radius 3 is 3.12 bits per heavy atom. The third-order valence-corrected chi connectivity index (χ3v) is 2.39. The third-order valence-electron chi connectivity index (χ3n) is 2.39. The van der Waals surface area contributed by atoms with Crippen LogP contribution in [0.4, 0.5) is 5.82 Å². The van der Waals surface area contributed by atoms with Gasteiger partial charge in [0.05, 0.1) is 0 Å². The van der Waals surface area contributed by atoms with Crippen molar-refractivity contribution in [1.29, 1.82) is 0 Å². The van der Waals surface area contributed by atoms with Gasteiger partial charge in [-0.05, 0) is 6.07 Å². The Hall–Kier alpha value is -2.21. The molecule has 1 atom stereocenters. The molecule has 0 aliphatic heterocycles. The largest absolute Gasteiger partial charge is 0.465 e. The lowest BCUT2D eigenvalue weighted by Crippen LogP contribution is -2.08. The van der Waals surface area contributed by atoms with Crippen LogP contribution in [0.15, 0.2) is 24.5 Å². The molecule has 2 heterocycles. The van der Waals surface area contributed by atoms with Crippen molar-refractivity contribution < 1.29 is 14.6 Å². The Balaban J connectivity index is 2.47. The number of anilines is 1. The Bertz CT molecular complexity index is 544. The van der Waals surface area contributed by atoms with Crippen molar-refractivity contribution in [2.75, 3.05) is 12.3 Å². The number of carbonyl (C=O) groups excluding carboxylic acids is 1. The molecule has 6 heteroatoms. The van der Waals surface area contributed by atoms with Crippen LogP contribution in [-0.2, 0) is 9.53 Å². The molecular formula is C11H11N3O3. The Morgan fingerprint density at radius 2 is 2.35 bits per heavy atom. The van der Waals surface area contributed by atoms with Gasteiger partial charge in [0.15, 0.2) is 0 Å². The summed E-state index contributed by atoms with van der Waals surface area (Å²) >= 11 is 0. The zero-order valence-corrected chi connectivity index (χ0v) is 8.91. The second kappa shape index (κ2) is 4.75. The molecule has 0 aliphatic rings. The van der Waals surface area contributed by atoms with Gasteiger partial charge in [-0.3, -0.25) is 9.78 Å². The van der Waals surface area contributed by atoms with Crippen LogP contribution >= 0.6 is 0 Å². The highest BCUT2D eigenvalue weighted by atomic mass is 16.5. The minimum atomic E-state index is -0.944. The number of hydrogen-bond donors (Lipinski definition) is 2. The molecule has 0 saturated carbocycles. The van der Waals surface area contributed by atoms with E-state index < -0.39 is 6.10 Å². The lowest BCUT2D eigenvalue weighted by atomic mass is 10.1. The van der Waals surface area contributed by atoms with Gasteiger partial charge in [-0.15, -0.1) is 0 Å². The van der Waals surface area contributed by atoms with Crippen molar-refractivity contribution >= 4 is 23.2 Å². The highest BCUT2D eigenvalue weighted by Gasteiger charge is 2.14. The average molecular weight is 233 g/mol. The van der Waals surface area contributed by atoms with Crippen molar-refractivity contribution in [2.24, 2.45) is 0 Å². The first-order chi connectivity index (χ1) is 8.24. The Morgan fingerprint density at radius 1 is 1.53 bits per heavy atom. The molecule has 2 aromatic rings. The van der Waals surface area contributed by atoms with E-state index in [1.165, 1.54) is 6.20 Å². The minimum Gasteiger partial charge on any atom is -0.465 e. The van der Waals surface area contributed by atoms with Gasteiger partial charge in [-0.1, -0.05) is 6.07 Å². The predicted octanol–water partition coefficient (Wildman–Crippen LogP) is 0.418. The van der Waals surface area contributed by atoms with Gasteiger partial charge in [-0.25, -0.2) is 4.98 Å². The van der Waals surface area contributed by atoms with Gasteiger partial charge < -0.3 is 15.6 Å². The molecule has 0 aromatic carbocycles. The number of aliphatic hydroxyl groups is 1. The molecule has 0 saturated heterocycles. The zero-order chi connectivity index (χ0) is 12.3. The van der Waals surface area contributed by atoms with Crippen LogP contribution in [0.1, 0.15) is 11.7 Å². The molecule has 0 aliphatic carbocycles. The summed E-state index contributed by atoms with van der Waals surface area (Å²) in [6.07, 6.45) is 2.11. The number of pyridine rings is 2. The Kier molecular flexibility index (Phi) is 3.15. The summed E-state index contributed by atoms with van der Waals surface area (Å²) in [5.41, 5.74) is 6.74. The van der Waals surface area contributed by atoms with E-state index in [0.717, 1.165) is 0 Å². The van der Waals surface area contributed by atoms with Gasteiger partial charge in [0.2, 0.25) is 0 Å². The van der Waals surface area contributed by atoms with E-state index in [9.17, 15) is 9.90 Å². The summed E-state index contributed by atoms with van der Waals surface area (Å²) in [7, 11) is 0. The minimum absolute atomic E-state index is 0.126. The van der Waals surface area contributed by atoms with Crippen molar-refractivity contribution in [3.63, 3.8) is 0 Å². The SMILES string of the molecule is Nc1ncc(C(O)COC=O)c2cccnc12. The summed E-state index contributed by atoms with van der Waals surface area (Å²) in [5.74, 6) is 0.299. The highest BCUT2D eigenvalue weighted by Crippen LogP contribution is 2.25. The number of fused-ring (bicyclic) bond motifs is 1. The first kappa shape index (κ1) is 11.3. The number of aromatic nitrogens is 2. The maximum atomic E-state index is 10.1. The van der Waals surface area contributed by atoms with Crippen molar-refractivity contribution in [3.05, 3.63) is 30.1 Å². The van der Waals surface area contributed by atoms with E-state index in [1.54, 1.807) is 18.3 Å². The summed E-state index contributed by atoms with van der Waals surface area (Å²) in [5, 5.41) is 10.5. The van der Waals surface area contributed by atoms with Crippen LogP contribution in [0.25, 0.3) is 10.9 Å². The summed E-state index contributed by atoms with van der Waals surface area (Å²) in [6, 6.07) is 3.51. The van der Waals surface area contributed by atoms with Gasteiger partial charge in [0.1, 0.15) is 24.0 Å². The van der Waals surface area contributed by atoms with E-state index in [2.05, 4.69) is 14.7 Å². The van der Waals surface area contributed by atoms with Crippen LogP contribution in [0.5, 0.6) is 0 Å². The van der Waals surface area contributed by atoms with Crippen LogP contribution in [0, 0.1) is 0 Å². The van der Waals surface area contributed by atoms with Crippen LogP contribution in [0.3, 0.4) is 0 Å². The topological polar surface area (TPSA) is 98.3 Å². The molecule has 0 bridgehead atoms. The molecule has 6 nitrogen and oxygen atoms in total. The molecule has 2 aromatic heterocycles. The van der Waals surface area contributed by atoms with Crippen molar-refractivity contribution in [3.8, 4) is 0 Å². The summed E-state index contributed by atoms with van der Waals surface area (Å²) in [6.45, 7) is 0.160. The molecule has 1 unspecified atom stereocenters. The lowest BCUT2D eigenvalue weighted by Gasteiger charge is -2.12. The lowest BCUT2D eigenvalue weighted by molar-refractivity contribution is -0.131. The van der Waals surface area contributed by atoms with Crippen molar-refractivity contribution in [2.45, 2.75) is 6.10 Å². The molecule has 0 spiro atoms. The number of ether oxygens (including phenoxy) is 1. The quantitative estimate of drug-likeness (QED) is 0.742. The van der Waals surface area contributed by atoms with E-state index in [1.807, 2.05) is 0 Å². The van der Waals surface area contributed by atoms with Gasteiger partial charge in [0.25, 0.3) is 6.47 Å².